The van der Waals surface area contributed by atoms with Gasteiger partial charge in [0, 0.05) is 0 Å². The predicted octanol–water partition coefficient (Wildman–Crippen LogP) is 2.09. The summed E-state index contributed by atoms with van der Waals surface area (Å²) < 4.78 is 50.6. The summed E-state index contributed by atoms with van der Waals surface area (Å²) in [6.45, 7) is 2.84. The van der Waals surface area contributed by atoms with Crippen molar-refractivity contribution >= 4 is 0 Å². The molecular formula is C6H8F4O. The highest BCUT2D eigenvalue weighted by Gasteiger charge is 2.30. The van der Waals surface area contributed by atoms with Crippen LogP contribution in [0.1, 0.15) is 0 Å². The van der Waals surface area contributed by atoms with Crippen molar-refractivity contribution in [1.29, 1.82) is 0 Å². The van der Waals surface area contributed by atoms with E-state index in [4.69, 9.17) is 0 Å². The van der Waals surface area contributed by atoms with Crippen molar-refractivity contribution in [3.63, 3.8) is 0 Å². The molecule has 0 N–H and O–H groups in total. The average Bonchev–Trinajstić information content (AvgIpc) is 1.87. The third-order valence-corrected chi connectivity index (χ3v) is 0.903. The second-order valence-electron chi connectivity index (χ2n) is 1.76. The van der Waals surface area contributed by atoms with E-state index in [1.54, 1.807) is 0 Å². The van der Waals surface area contributed by atoms with Gasteiger partial charge in [-0.1, -0.05) is 6.08 Å². The van der Waals surface area contributed by atoms with Crippen LogP contribution in [0.15, 0.2) is 12.7 Å². The molecule has 0 aromatic rings. The zero-order valence-electron chi connectivity index (χ0n) is 5.64. The maximum Gasteiger partial charge on any atom is 0.270 e. The first-order valence-electron chi connectivity index (χ1n) is 2.88. The van der Waals surface area contributed by atoms with E-state index in [9.17, 15) is 17.6 Å². The Hall–Kier alpha value is -0.580. The van der Waals surface area contributed by atoms with Gasteiger partial charge >= 0.3 is 0 Å². The van der Waals surface area contributed by atoms with Crippen molar-refractivity contribution in [3.8, 4) is 0 Å². The van der Waals surface area contributed by atoms with Gasteiger partial charge in [-0.25, -0.2) is 17.6 Å². The van der Waals surface area contributed by atoms with Gasteiger partial charge in [-0.15, -0.1) is 6.58 Å². The normalized spacial score (nSPS) is 11.5. The standard InChI is InChI=1S/C6H8F4O/c1-2-3-11-4(5(7)8)6(9)10/h2,4-6H,1,3H2. The molecule has 0 radical (unpaired) electrons. The molecule has 0 aromatic carbocycles. The monoisotopic (exact) mass is 172 g/mol. The van der Waals surface area contributed by atoms with Crippen LogP contribution in [-0.2, 0) is 4.74 Å². The molecule has 0 amide bonds. The summed E-state index contributed by atoms with van der Waals surface area (Å²) in [5.41, 5.74) is 0. The van der Waals surface area contributed by atoms with Gasteiger partial charge in [0.25, 0.3) is 12.9 Å². The summed E-state index contributed by atoms with van der Waals surface area (Å²) in [6, 6.07) is 0. The van der Waals surface area contributed by atoms with Crippen LogP contribution in [0.4, 0.5) is 17.6 Å². The first-order valence-corrected chi connectivity index (χ1v) is 2.88. The molecule has 66 valence electrons. The van der Waals surface area contributed by atoms with E-state index >= 15 is 0 Å². The Morgan fingerprint density at radius 1 is 1.18 bits per heavy atom. The quantitative estimate of drug-likeness (QED) is 0.455. The Balaban J connectivity index is 3.79. The summed E-state index contributed by atoms with van der Waals surface area (Å²) in [6.07, 6.45) is -7.48. The molecule has 0 saturated heterocycles. The van der Waals surface area contributed by atoms with Crippen molar-refractivity contribution < 1.29 is 22.3 Å². The van der Waals surface area contributed by atoms with Gasteiger partial charge < -0.3 is 4.74 Å². The molecule has 0 saturated carbocycles. The molecule has 11 heavy (non-hydrogen) atoms. The second kappa shape index (κ2) is 5.12. The highest BCUT2D eigenvalue weighted by Crippen LogP contribution is 2.13. The lowest BCUT2D eigenvalue weighted by molar-refractivity contribution is -0.120. The van der Waals surface area contributed by atoms with Gasteiger partial charge in [-0.2, -0.15) is 0 Å². The minimum Gasteiger partial charge on any atom is -0.362 e. The molecule has 0 bridgehead atoms. The Labute approximate surface area is 61.7 Å². The fourth-order valence-electron chi connectivity index (χ4n) is 0.435. The van der Waals surface area contributed by atoms with E-state index in [1.165, 1.54) is 0 Å². The summed E-state index contributed by atoms with van der Waals surface area (Å²) in [5.74, 6) is 0. The van der Waals surface area contributed by atoms with Gasteiger partial charge in [-0.05, 0) is 0 Å². The molecule has 0 rings (SSSR count). The van der Waals surface area contributed by atoms with E-state index in [-0.39, 0.29) is 6.61 Å². The minimum atomic E-state index is -3.16. The largest absolute Gasteiger partial charge is 0.362 e. The van der Waals surface area contributed by atoms with Crippen LogP contribution in [0, 0.1) is 0 Å². The van der Waals surface area contributed by atoms with Crippen molar-refractivity contribution in [2.45, 2.75) is 19.0 Å². The predicted molar refractivity (Wildman–Crippen MR) is 31.9 cm³/mol. The van der Waals surface area contributed by atoms with Crippen molar-refractivity contribution in [2.75, 3.05) is 6.61 Å². The summed E-state index contributed by atoms with van der Waals surface area (Å²) in [5, 5.41) is 0. The molecule has 0 fully saturated rings. The van der Waals surface area contributed by atoms with Gasteiger partial charge in [0.05, 0.1) is 6.61 Å². The van der Waals surface area contributed by atoms with E-state index in [0.717, 1.165) is 6.08 Å². The fraction of sp³-hybridized carbons (Fsp3) is 0.667. The molecule has 0 heterocycles. The number of alkyl halides is 4. The molecule has 0 spiro atoms. The molecule has 0 atom stereocenters. The summed E-state index contributed by atoms with van der Waals surface area (Å²) in [7, 11) is 0. The molecule has 0 aliphatic rings. The van der Waals surface area contributed by atoms with E-state index in [1.807, 2.05) is 0 Å². The first kappa shape index (κ1) is 10.4. The smallest absolute Gasteiger partial charge is 0.270 e. The van der Waals surface area contributed by atoms with Gasteiger partial charge in [0.2, 0.25) is 0 Å². The highest BCUT2D eigenvalue weighted by atomic mass is 19.3. The Bertz CT molecular complexity index is 107. The zero-order valence-corrected chi connectivity index (χ0v) is 5.64. The fourth-order valence-corrected chi connectivity index (χ4v) is 0.435. The number of ether oxygens (including phenoxy) is 1. The molecule has 0 aromatic heterocycles. The van der Waals surface area contributed by atoms with E-state index < -0.39 is 19.0 Å². The zero-order chi connectivity index (χ0) is 8.85. The van der Waals surface area contributed by atoms with E-state index in [2.05, 4.69) is 11.3 Å². The minimum absolute atomic E-state index is 0.292. The Morgan fingerprint density at radius 3 is 1.91 bits per heavy atom. The maximum absolute atomic E-state index is 11.6. The van der Waals surface area contributed by atoms with E-state index in [0.29, 0.717) is 0 Å². The maximum atomic E-state index is 11.6. The molecule has 0 unspecified atom stereocenters. The lowest BCUT2D eigenvalue weighted by Crippen LogP contribution is -2.30. The van der Waals surface area contributed by atoms with Crippen LogP contribution < -0.4 is 0 Å². The van der Waals surface area contributed by atoms with Gasteiger partial charge in [0.1, 0.15) is 0 Å². The third kappa shape index (κ3) is 3.98. The molecule has 1 nitrogen and oxygen atoms in total. The molecular weight excluding hydrogens is 164 g/mol. The van der Waals surface area contributed by atoms with Crippen molar-refractivity contribution in [2.24, 2.45) is 0 Å². The highest BCUT2D eigenvalue weighted by molar-refractivity contribution is 4.69. The van der Waals surface area contributed by atoms with Crippen LogP contribution in [0.2, 0.25) is 0 Å². The Kier molecular flexibility index (Phi) is 4.85. The number of hydrogen-bond donors (Lipinski definition) is 0. The number of rotatable bonds is 5. The molecule has 5 heteroatoms. The first-order chi connectivity index (χ1) is 5.09. The lowest BCUT2D eigenvalue weighted by Gasteiger charge is -2.14. The van der Waals surface area contributed by atoms with Crippen molar-refractivity contribution in [1.82, 2.24) is 0 Å². The molecule has 0 aliphatic carbocycles. The topological polar surface area (TPSA) is 9.23 Å². The van der Waals surface area contributed by atoms with Crippen LogP contribution >= 0.6 is 0 Å². The van der Waals surface area contributed by atoms with Crippen molar-refractivity contribution in [3.05, 3.63) is 12.7 Å². The van der Waals surface area contributed by atoms with Crippen LogP contribution in [0.5, 0.6) is 0 Å². The summed E-state index contributed by atoms with van der Waals surface area (Å²) in [4.78, 5) is 0. The Morgan fingerprint density at radius 2 is 1.64 bits per heavy atom. The SMILES string of the molecule is C=CCOC(C(F)F)C(F)F. The van der Waals surface area contributed by atoms with Gasteiger partial charge in [0.15, 0.2) is 6.10 Å². The summed E-state index contributed by atoms with van der Waals surface area (Å²) >= 11 is 0. The lowest BCUT2D eigenvalue weighted by atomic mass is 10.4. The number of halogens is 4. The van der Waals surface area contributed by atoms with Crippen LogP contribution in [-0.4, -0.2) is 25.6 Å². The number of hydrogen-bond acceptors (Lipinski definition) is 1. The molecule has 0 aliphatic heterocycles. The second-order valence-corrected chi connectivity index (χ2v) is 1.76. The van der Waals surface area contributed by atoms with Crippen LogP contribution in [0.25, 0.3) is 0 Å². The average molecular weight is 172 g/mol. The van der Waals surface area contributed by atoms with Gasteiger partial charge in [-0.3, -0.25) is 0 Å². The van der Waals surface area contributed by atoms with Crippen LogP contribution in [0.3, 0.4) is 0 Å². The third-order valence-electron chi connectivity index (χ3n) is 0.903.